The summed E-state index contributed by atoms with van der Waals surface area (Å²) < 4.78 is 1.86. The van der Waals surface area contributed by atoms with Crippen molar-refractivity contribution < 1.29 is 0 Å². The highest BCUT2D eigenvalue weighted by molar-refractivity contribution is 5.67. The summed E-state index contributed by atoms with van der Waals surface area (Å²) in [5.41, 5.74) is 8.14. The minimum Gasteiger partial charge on any atom is -0.394 e. The average Bonchev–Trinajstić information content (AvgIpc) is 2.81. The van der Waals surface area contributed by atoms with Crippen LogP contribution < -0.4 is 11.1 Å². The molecule has 0 aromatic carbocycles. The van der Waals surface area contributed by atoms with Crippen molar-refractivity contribution in [2.75, 3.05) is 11.1 Å². The molecular weight excluding hydrogens is 188 g/mol. The predicted octanol–water partition coefficient (Wildman–Crippen LogP) is 2.09. The number of nitrogens with two attached hydrogens (primary N) is 1. The molecule has 4 heteroatoms. The van der Waals surface area contributed by atoms with Crippen molar-refractivity contribution in [2.45, 2.75) is 45.1 Å². The lowest BCUT2D eigenvalue weighted by Crippen LogP contribution is -2.19. The van der Waals surface area contributed by atoms with Gasteiger partial charge in [0.2, 0.25) is 0 Å². The Morgan fingerprint density at radius 2 is 2.07 bits per heavy atom. The molecule has 1 heterocycles. The zero-order valence-electron chi connectivity index (χ0n) is 9.96. The summed E-state index contributed by atoms with van der Waals surface area (Å²) in [5, 5.41) is 7.93. The molecule has 1 aliphatic rings. The molecule has 0 aliphatic heterocycles. The number of hydrogen-bond donors (Lipinski definition) is 2. The number of aromatic nitrogens is 2. The maximum Gasteiger partial charge on any atom is 0.148 e. The Balaban J connectivity index is 2.30. The van der Waals surface area contributed by atoms with Crippen LogP contribution in [0.3, 0.4) is 0 Å². The molecule has 3 N–H and O–H groups in total. The summed E-state index contributed by atoms with van der Waals surface area (Å²) in [6.07, 6.45) is 2.43. The fraction of sp³-hybridized carbons (Fsp3) is 0.727. The molecule has 15 heavy (non-hydrogen) atoms. The quantitative estimate of drug-likeness (QED) is 0.799. The zero-order chi connectivity index (χ0) is 11.2. The van der Waals surface area contributed by atoms with E-state index < -0.39 is 0 Å². The molecule has 0 unspecified atom stereocenters. The van der Waals surface area contributed by atoms with Crippen LogP contribution >= 0.6 is 0 Å². The minimum atomic E-state index is 0.246. The lowest BCUT2D eigenvalue weighted by atomic mass is 10.1. The van der Waals surface area contributed by atoms with E-state index in [4.69, 9.17) is 5.73 Å². The molecule has 1 aromatic rings. The van der Waals surface area contributed by atoms with Crippen LogP contribution in [0.25, 0.3) is 0 Å². The normalized spacial score (nSPS) is 18.2. The highest BCUT2D eigenvalue weighted by Gasteiger charge is 2.38. The first-order valence-corrected chi connectivity index (χ1v) is 5.53. The lowest BCUT2D eigenvalue weighted by Gasteiger charge is -2.13. The maximum absolute atomic E-state index is 6.09. The van der Waals surface area contributed by atoms with Gasteiger partial charge in [0.25, 0.3) is 0 Å². The molecule has 84 valence electrons. The molecule has 0 bridgehead atoms. The van der Waals surface area contributed by atoms with E-state index in [0.717, 1.165) is 17.2 Å². The van der Waals surface area contributed by atoms with Gasteiger partial charge in [0, 0.05) is 12.6 Å². The van der Waals surface area contributed by atoms with E-state index in [2.05, 4.69) is 31.2 Å². The Morgan fingerprint density at radius 1 is 1.47 bits per heavy atom. The molecule has 0 spiro atoms. The third-order valence-corrected chi connectivity index (χ3v) is 3.08. The first-order chi connectivity index (χ1) is 6.93. The number of anilines is 2. The van der Waals surface area contributed by atoms with Crippen LogP contribution in [0, 0.1) is 0 Å². The van der Waals surface area contributed by atoms with Gasteiger partial charge in [-0.25, -0.2) is 0 Å². The zero-order valence-corrected chi connectivity index (χ0v) is 9.96. The van der Waals surface area contributed by atoms with Crippen molar-refractivity contribution in [1.82, 2.24) is 9.78 Å². The number of rotatable bonds is 3. The van der Waals surface area contributed by atoms with Crippen molar-refractivity contribution in [3.8, 4) is 0 Å². The molecule has 0 radical (unpaired) electrons. The summed E-state index contributed by atoms with van der Waals surface area (Å²) in [6.45, 7) is 6.44. The summed E-state index contributed by atoms with van der Waals surface area (Å²) >= 11 is 0. The van der Waals surface area contributed by atoms with Crippen molar-refractivity contribution >= 4 is 11.5 Å². The third-order valence-electron chi connectivity index (χ3n) is 3.08. The fourth-order valence-electron chi connectivity index (χ4n) is 1.73. The number of hydrogen-bond acceptors (Lipinski definition) is 3. The second-order valence-electron chi connectivity index (χ2n) is 5.11. The Morgan fingerprint density at radius 3 is 2.47 bits per heavy atom. The number of nitrogen functional groups attached to an aromatic ring is 1. The standard InChI is InChI=1S/C11H20N4/c1-7(2)9-8(12)10(15(4)14-9)13-11(3)5-6-11/h7,13H,5-6,12H2,1-4H3. The second kappa shape index (κ2) is 3.15. The van der Waals surface area contributed by atoms with Crippen molar-refractivity contribution in [1.29, 1.82) is 0 Å². The van der Waals surface area contributed by atoms with Crippen molar-refractivity contribution in [3.05, 3.63) is 5.69 Å². The van der Waals surface area contributed by atoms with Crippen LogP contribution in [0.1, 0.15) is 45.2 Å². The molecule has 0 atom stereocenters. The third kappa shape index (κ3) is 1.80. The summed E-state index contributed by atoms with van der Waals surface area (Å²) in [7, 11) is 1.94. The Kier molecular flexibility index (Phi) is 2.17. The SMILES string of the molecule is CC(C)c1nn(C)c(NC2(C)CC2)c1N. The highest BCUT2D eigenvalue weighted by Crippen LogP contribution is 2.40. The van der Waals surface area contributed by atoms with Gasteiger partial charge in [-0.3, -0.25) is 4.68 Å². The van der Waals surface area contributed by atoms with Gasteiger partial charge in [-0.2, -0.15) is 5.10 Å². The van der Waals surface area contributed by atoms with Gasteiger partial charge in [-0.1, -0.05) is 13.8 Å². The molecule has 0 saturated heterocycles. The smallest absolute Gasteiger partial charge is 0.148 e. The molecule has 1 fully saturated rings. The van der Waals surface area contributed by atoms with Gasteiger partial charge < -0.3 is 11.1 Å². The van der Waals surface area contributed by atoms with Crippen LogP contribution in [0.4, 0.5) is 11.5 Å². The Hall–Kier alpha value is -1.19. The van der Waals surface area contributed by atoms with E-state index in [-0.39, 0.29) is 5.54 Å². The van der Waals surface area contributed by atoms with E-state index in [1.807, 2.05) is 11.7 Å². The van der Waals surface area contributed by atoms with Gasteiger partial charge in [-0.15, -0.1) is 0 Å². The van der Waals surface area contributed by atoms with E-state index in [0.29, 0.717) is 5.92 Å². The Labute approximate surface area is 90.8 Å². The van der Waals surface area contributed by atoms with Crippen molar-refractivity contribution in [2.24, 2.45) is 7.05 Å². The predicted molar refractivity (Wildman–Crippen MR) is 63.0 cm³/mol. The number of nitrogens with one attached hydrogen (secondary N) is 1. The molecule has 1 aliphatic carbocycles. The molecule has 1 saturated carbocycles. The fourth-order valence-corrected chi connectivity index (χ4v) is 1.73. The van der Waals surface area contributed by atoms with E-state index >= 15 is 0 Å². The lowest BCUT2D eigenvalue weighted by molar-refractivity contribution is 0.703. The van der Waals surface area contributed by atoms with Crippen LogP contribution in [0.2, 0.25) is 0 Å². The monoisotopic (exact) mass is 208 g/mol. The van der Waals surface area contributed by atoms with E-state index in [1.165, 1.54) is 12.8 Å². The Bertz CT molecular complexity index is 374. The van der Waals surface area contributed by atoms with Crippen LogP contribution in [-0.2, 0) is 7.05 Å². The van der Waals surface area contributed by atoms with E-state index in [1.54, 1.807) is 0 Å². The van der Waals surface area contributed by atoms with E-state index in [9.17, 15) is 0 Å². The van der Waals surface area contributed by atoms with Crippen LogP contribution in [-0.4, -0.2) is 15.3 Å². The average molecular weight is 208 g/mol. The number of aryl methyl sites for hydroxylation is 1. The van der Waals surface area contributed by atoms with Crippen LogP contribution in [0.15, 0.2) is 0 Å². The van der Waals surface area contributed by atoms with Crippen LogP contribution in [0.5, 0.6) is 0 Å². The first kappa shape index (κ1) is 10.3. The van der Waals surface area contributed by atoms with Gasteiger partial charge in [0.1, 0.15) is 5.82 Å². The maximum atomic E-state index is 6.09. The largest absolute Gasteiger partial charge is 0.394 e. The minimum absolute atomic E-state index is 0.246. The summed E-state index contributed by atoms with van der Waals surface area (Å²) in [4.78, 5) is 0. The molecule has 1 aromatic heterocycles. The molecule has 4 nitrogen and oxygen atoms in total. The molecular formula is C11H20N4. The van der Waals surface area contributed by atoms with Gasteiger partial charge in [0.15, 0.2) is 0 Å². The first-order valence-electron chi connectivity index (χ1n) is 5.53. The van der Waals surface area contributed by atoms with Gasteiger partial charge >= 0.3 is 0 Å². The van der Waals surface area contributed by atoms with Crippen molar-refractivity contribution in [3.63, 3.8) is 0 Å². The number of nitrogens with zero attached hydrogens (tertiary/aromatic N) is 2. The second-order valence-corrected chi connectivity index (χ2v) is 5.11. The highest BCUT2D eigenvalue weighted by atomic mass is 15.3. The summed E-state index contributed by atoms with van der Waals surface area (Å²) in [5.74, 6) is 1.34. The molecule has 2 rings (SSSR count). The topological polar surface area (TPSA) is 55.9 Å². The molecule has 0 amide bonds. The summed E-state index contributed by atoms with van der Waals surface area (Å²) in [6, 6.07) is 0. The van der Waals surface area contributed by atoms with Gasteiger partial charge in [0.05, 0.1) is 11.4 Å². The van der Waals surface area contributed by atoms with Gasteiger partial charge in [-0.05, 0) is 25.7 Å².